The summed E-state index contributed by atoms with van der Waals surface area (Å²) in [4.78, 5) is 21.8. The Hall–Kier alpha value is -3.06. The van der Waals surface area contributed by atoms with Crippen LogP contribution >= 0.6 is 0 Å². The van der Waals surface area contributed by atoms with Gasteiger partial charge in [0.2, 0.25) is 0 Å². The molecule has 0 heterocycles. The maximum atomic E-state index is 11.4. The van der Waals surface area contributed by atoms with Crippen molar-refractivity contribution in [2.24, 2.45) is 0 Å². The van der Waals surface area contributed by atoms with Crippen molar-refractivity contribution < 1.29 is 34.0 Å². The van der Waals surface area contributed by atoms with Crippen LogP contribution in [0, 0.1) is 0 Å². The summed E-state index contributed by atoms with van der Waals surface area (Å²) in [6.45, 7) is 3.70. The lowest BCUT2D eigenvalue weighted by molar-refractivity contribution is -0.139. The maximum Gasteiger partial charge on any atom is 0.341 e. The van der Waals surface area contributed by atoms with Gasteiger partial charge >= 0.3 is 5.97 Å². The minimum Gasteiger partial charge on any atom is -0.493 e. The number of carboxylic acid groups (broad SMARTS) is 1. The van der Waals surface area contributed by atoms with Gasteiger partial charge in [0.15, 0.2) is 12.4 Å². The highest BCUT2D eigenvalue weighted by atomic mass is 16.5. The van der Waals surface area contributed by atoms with E-state index in [1.54, 1.807) is 31.2 Å². The molecule has 7 heteroatoms. The van der Waals surface area contributed by atoms with Gasteiger partial charge in [-0.1, -0.05) is 19.1 Å². The van der Waals surface area contributed by atoms with Crippen LogP contribution in [0.1, 0.15) is 31.7 Å². The van der Waals surface area contributed by atoms with Crippen molar-refractivity contribution in [2.75, 3.05) is 19.8 Å². The zero-order valence-corrected chi connectivity index (χ0v) is 16.5. The molecule has 2 atom stereocenters. The lowest BCUT2D eigenvalue weighted by Crippen LogP contribution is -2.23. The fraction of sp³-hybridized carbons (Fsp3) is 0.364. The minimum absolute atomic E-state index is 0.262. The molecular formula is C22H26O7. The molecule has 7 nitrogen and oxygen atoms in total. The van der Waals surface area contributed by atoms with Crippen LogP contribution in [0.25, 0.3) is 0 Å². The second kappa shape index (κ2) is 11.1. The van der Waals surface area contributed by atoms with Crippen LogP contribution in [0.2, 0.25) is 0 Å². The van der Waals surface area contributed by atoms with Crippen LogP contribution in [-0.2, 0) is 9.59 Å². The SMILES string of the molecule is CC(=O)C(O)C(C)c1cccc(OCCCOc2ccc(OCC(=O)O)cc2)c1. The standard InChI is InChI=1S/C22H26O7/c1-15(22(26)16(2)23)17-5-3-6-20(13-17)28-12-4-11-27-18-7-9-19(10-8-18)29-14-21(24)25/h3,5-10,13,15,22,26H,4,11-12,14H2,1-2H3,(H,24,25). The molecule has 156 valence electrons. The van der Waals surface area contributed by atoms with Gasteiger partial charge in [-0.05, 0) is 48.9 Å². The van der Waals surface area contributed by atoms with Gasteiger partial charge in [0.1, 0.15) is 23.4 Å². The van der Waals surface area contributed by atoms with E-state index in [4.69, 9.17) is 19.3 Å². The number of ketones is 1. The number of aliphatic hydroxyl groups is 1. The average Bonchev–Trinajstić information content (AvgIpc) is 2.71. The molecule has 0 spiro atoms. The molecule has 2 rings (SSSR count). The zero-order valence-electron chi connectivity index (χ0n) is 16.5. The largest absolute Gasteiger partial charge is 0.493 e. The molecule has 0 fully saturated rings. The zero-order chi connectivity index (χ0) is 21.2. The second-order valence-corrected chi connectivity index (χ2v) is 6.62. The number of aliphatic carboxylic acids is 1. The van der Waals surface area contributed by atoms with Crippen molar-refractivity contribution in [3.8, 4) is 17.2 Å². The highest BCUT2D eigenvalue weighted by Crippen LogP contribution is 2.24. The van der Waals surface area contributed by atoms with E-state index in [9.17, 15) is 14.7 Å². The van der Waals surface area contributed by atoms with Gasteiger partial charge in [-0.3, -0.25) is 4.79 Å². The smallest absolute Gasteiger partial charge is 0.341 e. The summed E-state index contributed by atoms with van der Waals surface area (Å²) in [6.07, 6.45) is -0.368. The normalized spacial score (nSPS) is 12.7. The highest BCUT2D eigenvalue weighted by Gasteiger charge is 2.20. The number of rotatable bonds is 12. The first-order valence-electron chi connectivity index (χ1n) is 9.35. The Morgan fingerprint density at radius 3 is 2.10 bits per heavy atom. The molecule has 2 aromatic carbocycles. The highest BCUT2D eigenvalue weighted by molar-refractivity contribution is 5.81. The van der Waals surface area contributed by atoms with E-state index in [0.29, 0.717) is 36.9 Å². The fourth-order valence-electron chi connectivity index (χ4n) is 2.64. The average molecular weight is 402 g/mol. The van der Waals surface area contributed by atoms with Gasteiger partial charge in [-0.15, -0.1) is 0 Å². The number of Topliss-reactive ketones (excluding diaryl/α,β-unsaturated/α-hetero) is 1. The van der Waals surface area contributed by atoms with Gasteiger partial charge in [0, 0.05) is 12.3 Å². The van der Waals surface area contributed by atoms with E-state index in [1.807, 2.05) is 24.3 Å². The quantitative estimate of drug-likeness (QED) is 0.526. The summed E-state index contributed by atoms with van der Waals surface area (Å²) in [6, 6.07) is 14.1. The first-order valence-corrected chi connectivity index (χ1v) is 9.35. The molecule has 29 heavy (non-hydrogen) atoms. The molecule has 0 aliphatic heterocycles. The summed E-state index contributed by atoms with van der Waals surface area (Å²) in [5.74, 6) is 0.198. The van der Waals surface area contributed by atoms with E-state index in [0.717, 1.165) is 5.56 Å². The van der Waals surface area contributed by atoms with E-state index in [1.165, 1.54) is 6.92 Å². The first-order chi connectivity index (χ1) is 13.9. The lowest BCUT2D eigenvalue weighted by Gasteiger charge is -2.17. The van der Waals surface area contributed by atoms with Crippen molar-refractivity contribution >= 4 is 11.8 Å². The Labute approximate surface area is 169 Å². The van der Waals surface area contributed by atoms with Crippen molar-refractivity contribution in [1.82, 2.24) is 0 Å². The maximum absolute atomic E-state index is 11.4. The summed E-state index contributed by atoms with van der Waals surface area (Å²) < 4.78 is 16.4. The molecular weight excluding hydrogens is 376 g/mol. The third-order valence-corrected chi connectivity index (χ3v) is 4.29. The van der Waals surface area contributed by atoms with Crippen molar-refractivity contribution in [3.05, 3.63) is 54.1 Å². The molecule has 0 bridgehead atoms. The molecule has 2 unspecified atom stereocenters. The third kappa shape index (κ3) is 7.46. The van der Waals surface area contributed by atoms with E-state index >= 15 is 0 Å². The van der Waals surface area contributed by atoms with Crippen LogP contribution in [0.4, 0.5) is 0 Å². The van der Waals surface area contributed by atoms with Crippen LogP contribution in [0.3, 0.4) is 0 Å². The Bertz CT molecular complexity index is 801. The molecule has 2 aromatic rings. The Morgan fingerprint density at radius 1 is 0.931 bits per heavy atom. The molecule has 0 aliphatic carbocycles. The third-order valence-electron chi connectivity index (χ3n) is 4.29. The van der Waals surface area contributed by atoms with Gasteiger partial charge in [-0.25, -0.2) is 4.79 Å². The lowest BCUT2D eigenvalue weighted by atomic mass is 9.93. The second-order valence-electron chi connectivity index (χ2n) is 6.62. The van der Waals surface area contributed by atoms with Crippen LogP contribution in [0.5, 0.6) is 17.2 Å². The van der Waals surface area contributed by atoms with Crippen molar-refractivity contribution in [1.29, 1.82) is 0 Å². The predicted octanol–water partition coefficient (Wildman–Crippen LogP) is 3.05. The molecule has 0 aromatic heterocycles. The fourth-order valence-corrected chi connectivity index (χ4v) is 2.64. The Kier molecular flexibility index (Phi) is 8.48. The number of benzene rings is 2. The van der Waals surface area contributed by atoms with Gasteiger partial charge in [0.25, 0.3) is 0 Å². The Balaban J connectivity index is 1.73. The van der Waals surface area contributed by atoms with Gasteiger partial charge in [0.05, 0.1) is 13.2 Å². The van der Waals surface area contributed by atoms with E-state index in [2.05, 4.69) is 0 Å². The molecule has 0 radical (unpaired) electrons. The number of carbonyl (C=O) groups is 2. The topological polar surface area (TPSA) is 102 Å². The molecule has 0 saturated heterocycles. The van der Waals surface area contributed by atoms with Crippen molar-refractivity contribution in [3.63, 3.8) is 0 Å². The summed E-state index contributed by atoms with van der Waals surface area (Å²) in [5, 5.41) is 18.5. The number of carbonyl (C=O) groups excluding carboxylic acids is 1. The number of carboxylic acids is 1. The van der Waals surface area contributed by atoms with Crippen LogP contribution < -0.4 is 14.2 Å². The minimum atomic E-state index is -1.03. The summed E-state index contributed by atoms with van der Waals surface area (Å²) in [7, 11) is 0. The van der Waals surface area contributed by atoms with E-state index in [-0.39, 0.29) is 18.3 Å². The summed E-state index contributed by atoms with van der Waals surface area (Å²) >= 11 is 0. The number of ether oxygens (including phenoxy) is 3. The molecule has 2 N–H and O–H groups in total. The van der Waals surface area contributed by atoms with Crippen LogP contribution in [0.15, 0.2) is 48.5 Å². The molecule has 0 aliphatic rings. The molecule has 0 amide bonds. The van der Waals surface area contributed by atoms with Gasteiger partial charge in [-0.2, -0.15) is 0 Å². The predicted molar refractivity (Wildman–Crippen MR) is 107 cm³/mol. The molecule has 0 saturated carbocycles. The first kappa shape index (κ1) is 22.2. The van der Waals surface area contributed by atoms with Crippen LogP contribution in [-0.4, -0.2) is 47.9 Å². The van der Waals surface area contributed by atoms with Gasteiger partial charge < -0.3 is 24.4 Å². The monoisotopic (exact) mass is 402 g/mol. The number of aliphatic hydroxyl groups excluding tert-OH is 1. The van der Waals surface area contributed by atoms with Crippen molar-refractivity contribution in [2.45, 2.75) is 32.3 Å². The summed E-state index contributed by atoms with van der Waals surface area (Å²) in [5.41, 5.74) is 0.839. The Morgan fingerprint density at radius 2 is 1.52 bits per heavy atom. The number of hydrogen-bond acceptors (Lipinski definition) is 6. The van der Waals surface area contributed by atoms with E-state index < -0.39 is 12.1 Å². The number of hydrogen-bond donors (Lipinski definition) is 2.